The quantitative estimate of drug-likeness (QED) is 0.639. The van der Waals surface area contributed by atoms with Crippen molar-refractivity contribution in [2.75, 3.05) is 13.7 Å². The molecule has 0 aliphatic heterocycles. The first-order valence-electron chi connectivity index (χ1n) is 7.49. The monoisotopic (exact) mass is 306 g/mol. The van der Waals surface area contributed by atoms with Crippen molar-refractivity contribution in [3.63, 3.8) is 0 Å². The van der Waals surface area contributed by atoms with E-state index in [9.17, 15) is 4.79 Å². The summed E-state index contributed by atoms with van der Waals surface area (Å²) in [5.41, 5.74) is 1.72. The second kappa shape index (κ2) is 7.07. The van der Waals surface area contributed by atoms with E-state index in [-0.39, 0.29) is 12.4 Å². The van der Waals surface area contributed by atoms with Crippen LogP contribution in [0.25, 0.3) is 10.8 Å². The molecule has 23 heavy (non-hydrogen) atoms. The summed E-state index contributed by atoms with van der Waals surface area (Å²) in [6.07, 6.45) is 0. The molecular weight excluding hydrogens is 288 g/mol. The molecule has 116 valence electrons. The molecule has 0 amide bonds. The number of fused-ring (bicyclic) bond motifs is 1. The molecule has 0 saturated heterocycles. The van der Waals surface area contributed by atoms with Crippen LogP contribution in [0.3, 0.4) is 0 Å². The minimum absolute atomic E-state index is 0.0151. The van der Waals surface area contributed by atoms with Gasteiger partial charge in [0.2, 0.25) is 0 Å². The molecule has 0 fully saturated rings. The third kappa shape index (κ3) is 3.76. The zero-order chi connectivity index (χ0) is 16.1. The molecule has 3 aromatic rings. The van der Waals surface area contributed by atoms with Gasteiger partial charge in [-0.05, 0) is 34.5 Å². The number of methoxy groups -OCH3 is 1. The van der Waals surface area contributed by atoms with E-state index < -0.39 is 0 Å². The Balaban J connectivity index is 1.66. The Kier molecular flexibility index (Phi) is 4.69. The minimum Gasteiger partial charge on any atom is -0.497 e. The molecule has 0 radical (unpaired) electrons. The van der Waals surface area contributed by atoms with Crippen molar-refractivity contribution >= 4 is 16.6 Å². The molecule has 0 heterocycles. The van der Waals surface area contributed by atoms with E-state index in [0.29, 0.717) is 12.2 Å². The van der Waals surface area contributed by atoms with Crippen LogP contribution in [0, 0.1) is 0 Å². The number of ether oxygens (including phenoxy) is 2. The number of hydrogen-bond donors (Lipinski definition) is 0. The number of rotatable bonds is 6. The molecule has 3 aromatic carbocycles. The van der Waals surface area contributed by atoms with Gasteiger partial charge in [-0.15, -0.1) is 0 Å². The fraction of sp³-hybridized carbons (Fsp3) is 0.150. The van der Waals surface area contributed by atoms with Gasteiger partial charge in [0.05, 0.1) is 13.7 Å². The van der Waals surface area contributed by atoms with Gasteiger partial charge in [0.25, 0.3) is 0 Å². The summed E-state index contributed by atoms with van der Waals surface area (Å²) in [6.45, 7) is 0.522. The summed E-state index contributed by atoms with van der Waals surface area (Å²) < 4.78 is 10.7. The van der Waals surface area contributed by atoms with Crippen molar-refractivity contribution in [3.05, 3.63) is 77.9 Å². The maximum atomic E-state index is 12.3. The number of ketones is 1. The average Bonchev–Trinajstić information content (AvgIpc) is 2.61. The Labute approximate surface area is 135 Å². The van der Waals surface area contributed by atoms with Crippen LogP contribution in [0.1, 0.15) is 15.9 Å². The van der Waals surface area contributed by atoms with E-state index in [1.54, 1.807) is 7.11 Å². The number of carbonyl (C=O) groups excluding carboxylic acids is 1. The normalized spacial score (nSPS) is 10.7. The Hall–Kier alpha value is -2.65. The zero-order valence-corrected chi connectivity index (χ0v) is 13.0. The molecule has 0 bridgehead atoms. The lowest BCUT2D eigenvalue weighted by molar-refractivity contribution is 0.0727. The van der Waals surface area contributed by atoms with Crippen LogP contribution >= 0.6 is 0 Å². The predicted octanol–water partition coefficient (Wildman–Crippen LogP) is 4.25. The molecule has 3 heteroatoms. The standard InChI is InChI=1S/C20H18O3/c1-22-19-10-9-16-11-18(8-7-17(16)12-19)20(21)14-23-13-15-5-3-2-4-6-15/h2-12H,13-14H2,1H3. The number of hydrogen-bond acceptors (Lipinski definition) is 3. The van der Waals surface area contributed by atoms with E-state index in [1.165, 1.54) is 0 Å². The van der Waals surface area contributed by atoms with Crippen LogP contribution in [-0.2, 0) is 11.3 Å². The first-order chi connectivity index (χ1) is 11.3. The van der Waals surface area contributed by atoms with Gasteiger partial charge in [0.1, 0.15) is 12.4 Å². The molecule has 0 atom stereocenters. The lowest BCUT2D eigenvalue weighted by Crippen LogP contribution is -2.09. The van der Waals surface area contributed by atoms with Crippen molar-refractivity contribution in [2.45, 2.75) is 6.61 Å². The topological polar surface area (TPSA) is 35.5 Å². The van der Waals surface area contributed by atoms with E-state index in [0.717, 1.165) is 22.1 Å². The number of Topliss-reactive ketones (excluding diaryl/α,β-unsaturated/α-hetero) is 1. The predicted molar refractivity (Wildman–Crippen MR) is 90.9 cm³/mol. The van der Waals surface area contributed by atoms with Crippen LogP contribution in [0.5, 0.6) is 5.75 Å². The van der Waals surface area contributed by atoms with Crippen molar-refractivity contribution in [1.29, 1.82) is 0 Å². The highest BCUT2D eigenvalue weighted by Crippen LogP contribution is 2.22. The smallest absolute Gasteiger partial charge is 0.188 e. The molecule has 0 aromatic heterocycles. The highest BCUT2D eigenvalue weighted by molar-refractivity contribution is 6.00. The maximum Gasteiger partial charge on any atom is 0.188 e. The Morgan fingerprint density at radius 3 is 2.43 bits per heavy atom. The van der Waals surface area contributed by atoms with Crippen molar-refractivity contribution in [3.8, 4) is 5.75 Å². The highest BCUT2D eigenvalue weighted by atomic mass is 16.5. The molecular formula is C20H18O3. The van der Waals surface area contributed by atoms with Gasteiger partial charge in [0, 0.05) is 5.56 Å². The van der Waals surface area contributed by atoms with Crippen molar-refractivity contribution in [2.24, 2.45) is 0 Å². The summed E-state index contributed by atoms with van der Waals surface area (Å²) in [6, 6.07) is 21.3. The van der Waals surface area contributed by atoms with Gasteiger partial charge in [-0.1, -0.05) is 48.5 Å². The van der Waals surface area contributed by atoms with E-state index >= 15 is 0 Å². The average molecular weight is 306 g/mol. The largest absolute Gasteiger partial charge is 0.497 e. The van der Waals surface area contributed by atoms with Gasteiger partial charge in [0.15, 0.2) is 5.78 Å². The second-order valence-corrected chi connectivity index (χ2v) is 5.33. The van der Waals surface area contributed by atoms with Crippen LogP contribution < -0.4 is 4.74 Å². The molecule has 0 aliphatic rings. The fourth-order valence-corrected chi connectivity index (χ4v) is 2.44. The second-order valence-electron chi connectivity index (χ2n) is 5.33. The highest BCUT2D eigenvalue weighted by Gasteiger charge is 2.07. The molecule has 0 N–H and O–H groups in total. The first-order valence-corrected chi connectivity index (χ1v) is 7.49. The van der Waals surface area contributed by atoms with E-state index in [1.807, 2.05) is 66.7 Å². The van der Waals surface area contributed by atoms with Crippen LogP contribution in [0.4, 0.5) is 0 Å². The third-order valence-electron chi connectivity index (χ3n) is 3.71. The summed E-state index contributed by atoms with van der Waals surface area (Å²) >= 11 is 0. The molecule has 0 saturated carbocycles. The maximum absolute atomic E-state index is 12.3. The SMILES string of the molecule is COc1ccc2cc(C(=O)COCc3ccccc3)ccc2c1. The Bertz CT molecular complexity index is 809. The molecule has 3 nitrogen and oxygen atoms in total. The van der Waals surface area contributed by atoms with Crippen LogP contribution in [0.15, 0.2) is 66.7 Å². The minimum atomic E-state index is -0.0151. The fourth-order valence-electron chi connectivity index (χ4n) is 2.44. The van der Waals surface area contributed by atoms with E-state index in [2.05, 4.69) is 0 Å². The van der Waals surface area contributed by atoms with E-state index in [4.69, 9.17) is 9.47 Å². The summed E-state index contributed by atoms with van der Waals surface area (Å²) in [5, 5.41) is 2.06. The Morgan fingerprint density at radius 1 is 0.913 bits per heavy atom. The van der Waals surface area contributed by atoms with Gasteiger partial charge in [-0.25, -0.2) is 0 Å². The lowest BCUT2D eigenvalue weighted by Gasteiger charge is -2.06. The number of benzene rings is 3. The zero-order valence-electron chi connectivity index (χ0n) is 13.0. The molecule has 0 aliphatic carbocycles. The van der Waals surface area contributed by atoms with Gasteiger partial charge in [-0.2, -0.15) is 0 Å². The molecule has 3 rings (SSSR count). The third-order valence-corrected chi connectivity index (χ3v) is 3.71. The van der Waals surface area contributed by atoms with Crippen LogP contribution in [0.2, 0.25) is 0 Å². The number of carbonyl (C=O) groups is 1. The van der Waals surface area contributed by atoms with Crippen molar-refractivity contribution < 1.29 is 14.3 Å². The Morgan fingerprint density at radius 2 is 1.65 bits per heavy atom. The van der Waals surface area contributed by atoms with Gasteiger partial charge in [-0.3, -0.25) is 4.79 Å². The van der Waals surface area contributed by atoms with Crippen molar-refractivity contribution in [1.82, 2.24) is 0 Å². The first kappa shape index (κ1) is 15.3. The summed E-state index contributed by atoms with van der Waals surface area (Å²) in [4.78, 5) is 12.3. The lowest BCUT2D eigenvalue weighted by atomic mass is 10.0. The van der Waals surface area contributed by atoms with Gasteiger partial charge >= 0.3 is 0 Å². The summed E-state index contributed by atoms with van der Waals surface area (Å²) in [5.74, 6) is 0.793. The van der Waals surface area contributed by atoms with Crippen LogP contribution in [-0.4, -0.2) is 19.5 Å². The summed E-state index contributed by atoms with van der Waals surface area (Å²) in [7, 11) is 1.64. The molecule has 0 spiro atoms. The molecule has 0 unspecified atom stereocenters. The van der Waals surface area contributed by atoms with Gasteiger partial charge < -0.3 is 9.47 Å².